The maximum Gasteiger partial charge on any atom is 0.337 e. The predicted octanol–water partition coefficient (Wildman–Crippen LogP) is 4.33. The van der Waals surface area contributed by atoms with E-state index in [0.717, 1.165) is 42.6 Å². The molecule has 1 saturated heterocycles. The molecule has 5 nitrogen and oxygen atoms in total. The van der Waals surface area contributed by atoms with Crippen LogP contribution in [0.4, 0.5) is 8.78 Å². The number of carbonyl (C=O) groups excluding carboxylic acids is 2. The summed E-state index contributed by atoms with van der Waals surface area (Å²) in [6, 6.07) is 3.35. The third-order valence-electron chi connectivity index (χ3n) is 4.54. The second-order valence-corrected chi connectivity index (χ2v) is 7.55. The molecule has 8 heteroatoms. The highest BCUT2D eigenvalue weighted by Gasteiger charge is 2.34. The first-order chi connectivity index (χ1) is 12.7. The monoisotopic (exact) mass is 394 g/mol. The average molecular weight is 394 g/mol. The van der Waals surface area contributed by atoms with Crippen molar-refractivity contribution < 1.29 is 23.1 Å². The van der Waals surface area contributed by atoms with Gasteiger partial charge in [-0.15, -0.1) is 11.3 Å². The number of hydrogen-bond donors (Lipinski definition) is 0. The molecule has 1 aromatic carbocycles. The zero-order chi connectivity index (χ0) is 19.8. The predicted molar refractivity (Wildman–Crippen MR) is 97.2 cm³/mol. The van der Waals surface area contributed by atoms with E-state index in [-0.39, 0.29) is 23.1 Å². The lowest BCUT2D eigenvalue weighted by molar-refractivity contribution is 0.0173. The molecule has 1 fully saturated rings. The Morgan fingerprint density at radius 3 is 2.59 bits per heavy atom. The molecular formula is C19H20F2N2O3S. The average Bonchev–Trinajstić information content (AvgIpc) is 3.27. The molecule has 0 bridgehead atoms. The summed E-state index contributed by atoms with van der Waals surface area (Å²) in [4.78, 5) is 31.1. The van der Waals surface area contributed by atoms with E-state index in [2.05, 4.69) is 9.72 Å². The SMILES string of the molecule is COC(=O)c1cc(C(=O)N2CCCC2c2nc(C)cs2)cc(C(C)(F)F)c1. The number of nitrogens with zero attached hydrogens (tertiary/aromatic N) is 2. The summed E-state index contributed by atoms with van der Waals surface area (Å²) in [5.41, 5.74) is 0.472. The van der Waals surface area contributed by atoms with E-state index < -0.39 is 17.5 Å². The van der Waals surface area contributed by atoms with Gasteiger partial charge in [0.1, 0.15) is 5.01 Å². The van der Waals surface area contributed by atoms with Crippen molar-refractivity contribution in [3.63, 3.8) is 0 Å². The third-order valence-corrected chi connectivity index (χ3v) is 5.61. The highest BCUT2D eigenvalue weighted by Crippen LogP contribution is 2.36. The molecule has 1 unspecified atom stereocenters. The van der Waals surface area contributed by atoms with Crippen LogP contribution in [0.2, 0.25) is 0 Å². The van der Waals surface area contributed by atoms with Crippen molar-refractivity contribution in [2.45, 2.75) is 38.7 Å². The Bertz CT molecular complexity index is 876. The summed E-state index contributed by atoms with van der Waals surface area (Å²) in [6.07, 6.45) is 1.58. The van der Waals surface area contributed by atoms with Crippen molar-refractivity contribution in [2.24, 2.45) is 0 Å². The maximum absolute atomic E-state index is 13.9. The van der Waals surface area contributed by atoms with E-state index in [1.807, 2.05) is 12.3 Å². The van der Waals surface area contributed by atoms with Gasteiger partial charge in [-0.1, -0.05) is 0 Å². The van der Waals surface area contributed by atoms with Crippen LogP contribution in [0.5, 0.6) is 0 Å². The fraction of sp³-hybridized carbons (Fsp3) is 0.421. The van der Waals surface area contributed by atoms with Crippen molar-refractivity contribution in [3.8, 4) is 0 Å². The van der Waals surface area contributed by atoms with Gasteiger partial charge in [-0.05, 0) is 38.0 Å². The van der Waals surface area contributed by atoms with Gasteiger partial charge in [0.15, 0.2) is 0 Å². The molecule has 0 radical (unpaired) electrons. The molecule has 0 aliphatic carbocycles. The summed E-state index contributed by atoms with van der Waals surface area (Å²) < 4.78 is 32.4. The van der Waals surface area contributed by atoms with Gasteiger partial charge in [0.05, 0.1) is 18.7 Å². The van der Waals surface area contributed by atoms with Crippen molar-refractivity contribution in [1.82, 2.24) is 9.88 Å². The van der Waals surface area contributed by atoms with Crippen molar-refractivity contribution in [1.29, 1.82) is 0 Å². The number of aryl methyl sites for hydroxylation is 1. The molecule has 27 heavy (non-hydrogen) atoms. The van der Waals surface area contributed by atoms with E-state index >= 15 is 0 Å². The number of aromatic nitrogens is 1. The molecule has 0 saturated carbocycles. The Balaban J connectivity index is 1.99. The second-order valence-electron chi connectivity index (χ2n) is 6.66. The summed E-state index contributed by atoms with van der Waals surface area (Å²) in [5, 5.41) is 2.76. The summed E-state index contributed by atoms with van der Waals surface area (Å²) in [6.45, 7) is 3.13. The zero-order valence-electron chi connectivity index (χ0n) is 15.3. The molecule has 1 atom stereocenters. The van der Waals surface area contributed by atoms with E-state index in [1.54, 1.807) is 4.90 Å². The third kappa shape index (κ3) is 4.00. The largest absolute Gasteiger partial charge is 0.465 e. The van der Waals surface area contributed by atoms with Crippen LogP contribution in [-0.4, -0.2) is 35.4 Å². The zero-order valence-corrected chi connectivity index (χ0v) is 16.1. The lowest BCUT2D eigenvalue weighted by Crippen LogP contribution is -2.31. The number of amides is 1. The smallest absolute Gasteiger partial charge is 0.337 e. The minimum atomic E-state index is -3.18. The van der Waals surface area contributed by atoms with Crippen molar-refractivity contribution in [2.75, 3.05) is 13.7 Å². The molecule has 1 aliphatic rings. The number of benzene rings is 1. The number of thiazole rings is 1. The van der Waals surface area contributed by atoms with Crippen LogP contribution < -0.4 is 0 Å². The Kier molecular flexibility index (Phi) is 5.28. The van der Waals surface area contributed by atoms with Gasteiger partial charge in [0, 0.05) is 35.7 Å². The first-order valence-corrected chi connectivity index (χ1v) is 9.43. The number of halogens is 2. The fourth-order valence-corrected chi connectivity index (χ4v) is 4.14. The van der Waals surface area contributed by atoms with Gasteiger partial charge < -0.3 is 9.64 Å². The van der Waals surface area contributed by atoms with Crippen LogP contribution in [-0.2, 0) is 10.7 Å². The van der Waals surface area contributed by atoms with Gasteiger partial charge in [-0.3, -0.25) is 4.79 Å². The summed E-state index contributed by atoms with van der Waals surface area (Å²) in [5.74, 6) is -4.33. The van der Waals surface area contributed by atoms with Crippen LogP contribution in [0.3, 0.4) is 0 Å². The quantitative estimate of drug-likeness (QED) is 0.725. The molecule has 0 spiro atoms. The lowest BCUT2D eigenvalue weighted by Gasteiger charge is -2.24. The van der Waals surface area contributed by atoms with Crippen LogP contribution >= 0.6 is 11.3 Å². The molecular weight excluding hydrogens is 374 g/mol. The molecule has 1 aliphatic heterocycles. The van der Waals surface area contributed by atoms with Crippen molar-refractivity contribution in [3.05, 3.63) is 51.0 Å². The number of rotatable bonds is 4. The van der Waals surface area contributed by atoms with Crippen LogP contribution in [0.15, 0.2) is 23.6 Å². The van der Waals surface area contributed by atoms with Gasteiger partial charge >= 0.3 is 5.97 Å². The number of hydrogen-bond acceptors (Lipinski definition) is 5. The number of likely N-dealkylation sites (tertiary alicyclic amines) is 1. The summed E-state index contributed by atoms with van der Waals surface area (Å²) in [7, 11) is 1.17. The van der Waals surface area contributed by atoms with E-state index in [1.165, 1.54) is 24.5 Å². The Morgan fingerprint density at radius 1 is 1.30 bits per heavy atom. The maximum atomic E-state index is 13.9. The summed E-state index contributed by atoms with van der Waals surface area (Å²) >= 11 is 1.48. The Hall–Kier alpha value is -2.35. The number of esters is 1. The number of carbonyl (C=O) groups is 2. The number of alkyl halides is 2. The second kappa shape index (κ2) is 7.34. The molecule has 0 N–H and O–H groups in total. The standard InChI is InChI=1S/C19H20F2N2O3S/c1-11-10-27-16(22-11)15-5-4-6-23(15)17(24)12-7-13(18(25)26-3)9-14(8-12)19(2,20)21/h7-10,15H,4-6H2,1-3H3. The van der Waals surface area contributed by atoms with Crippen molar-refractivity contribution >= 4 is 23.2 Å². The van der Waals surface area contributed by atoms with E-state index in [4.69, 9.17) is 0 Å². The fourth-order valence-electron chi connectivity index (χ4n) is 3.20. The van der Waals surface area contributed by atoms with Gasteiger partial charge in [0.2, 0.25) is 0 Å². The Morgan fingerprint density at radius 2 is 2.00 bits per heavy atom. The van der Waals surface area contributed by atoms with Gasteiger partial charge in [-0.25, -0.2) is 18.6 Å². The minimum Gasteiger partial charge on any atom is -0.465 e. The highest BCUT2D eigenvalue weighted by molar-refractivity contribution is 7.09. The first-order valence-electron chi connectivity index (χ1n) is 8.55. The van der Waals surface area contributed by atoms with Gasteiger partial charge in [0.25, 0.3) is 11.8 Å². The van der Waals surface area contributed by atoms with Gasteiger partial charge in [-0.2, -0.15) is 0 Å². The van der Waals surface area contributed by atoms with E-state index in [9.17, 15) is 18.4 Å². The van der Waals surface area contributed by atoms with E-state index in [0.29, 0.717) is 6.54 Å². The molecule has 1 amide bonds. The lowest BCUT2D eigenvalue weighted by atomic mass is 10.0. The normalized spacial score (nSPS) is 17.2. The number of methoxy groups -OCH3 is 1. The minimum absolute atomic E-state index is 0.0506. The highest BCUT2D eigenvalue weighted by atomic mass is 32.1. The Labute approximate surface area is 160 Å². The molecule has 1 aromatic heterocycles. The molecule has 3 rings (SSSR count). The molecule has 2 aromatic rings. The van der Waals surface area contributed by atoms with Crippen LogP contribution in [0.1, 0.15) is 62.8 Å². The van der Waals surface area contributed by atoms with Crippen LogP contribution in [0.25, 0.3) is 0 Å². The number of ether oxygens (including phenoxy) is 1. The molecule has 144 valence electrons. The molecule has 2 heterocycles. The first kappa shape index (κ1) is 19.4. The van der Waals surface area contributed by atoms with Crippen LogP contribution in [0, 0.1) is 6.92 Å². The topological polar surface area (TPSA) is 59.5 Å².